The number of nitro benzene ring substituents is 1. The van der Waals surface area contributed by atoms with E-state index >= 15 is 0 Å². The van der Waals surface area contributed by atoms with Crippen LogP contribution in [0.3, 0.4) is 0 Å². The van der Waals surface area contributed by atoms with E-state index in [0.29, 0.717) is 5.56 Å². The Labute approximate surface area is 113 Å². The van der Waals surface area contributed by atoms with Gasteiger partial charge in [-0.25, -0.2) is 0 Å². The molecule has 1 aliphatic rings. The summed E-state index contributed by atoms with van der Waals surface area (Å²) in [5, 5.41) is 30.5. The van der Waals surface area contributed by atoms with Gasteiger partial charge in [-0.05, 0) is 5.56 Å². The normalized spacial score (nSPS) is 24.1. The molecule has 0 spiro atoms. The molecule has 1 aromatic carbocycles. The minimum atomic E-state index is -1.85. The Kier molecular flexibility index (Phi) is 3.31. The summed E-state index contributed by atoms with van der Waals surface area (Å²) < 4.78 is 0. The van der Waals surface area contributed by atoms with Gasteiger partial charge in [0.05, 0.1) is 9.85 Å². The van der Waals surface area contributed by atoms with Gasteiger partial charge < -0.3 is 0 Å². The van der Waals surface area contributed by atoms with E-state index in [-0.39, 0.29) is 11.6 Å². The number of non-ortho nitro benzene ring substituents is 1. The Bertz CT molecular complexity index is 658. The third-order valence-corrected chi connectivity index (χ3v) is 3.06. The molecule has 0 radical (unpaired) electrons. The lowest BCUT2D eigenvalue weighted by atomic mass is 9.87. The van der Waals surface area contributed by atoms with Gasteiger partial charge in [-0.2, -0.15) is 5.26 Å². The summed E-state index contributed by atoms with van der Waals surface area (Å²) in [6.45, 7) is 0. The highest BCUT2D eigenvalue weighted by Crippen LogP contribution is 2.29. The minimum Gasteiger partial charge on any atom is -0.262 e. The van der Waals surface area contributed by atoms with Crippen molar-refractivity contribution in [3.05, 3.63) is 74.4 Å². The summed E-state index contributed by atoms with van der Waals surface area (Å²) >= 11 is 0. The number of nitriles is 1. The van der Waals surface area contributed by atoms with E-state index in [2.05, 4.69) is 0 Å². The molecule has 0 amide bonds. The van der Waals surface area contributed by atoms with Crippen molar-refractivity contribution < 1.29 is 9.85 Å². The molecule has 0 saturated heterocycles. The zero-order valence-corrected chi connectivity index (χ0v) is 10.2. The minimum absolute atomic E-state index is 0.0457. The Balaban J connectivity index is 2.32. The summed E-state index contributed by atoms with van der Waals surface area (Å²) in [5.41, 5.74) is -1.26. The second-order valence-corrected chi connectivity index (χ2v) is 4.29. The molecule has 0 aromatic heterocycles. The van der Waals surface area contributed by atoms with Crippen LogP contribution in [0.4, 0.5) is 5.69 Å². The van der Waals surface area contributed by atoms with Crippen LogP contribution in [0.5, 0.6) is 0 Å². The van der Waals surface area contributed by atoms with Crippen LogP contribution in [0.1, 0.15) is 11.5 Å². The summed E-state index contributed by atoms with van der Waals surface area (Å²) in [7, 11) is 0. The first-order valence-corrected chi connectivity index (χ1v) is 5.67. The number of nitrogens with zero attached hydrogens (tertiary/aromatic N) is 3. The zero-order chi connectivity index (χ0) is 14.8. The molecule has 0 fully saturated rings. The first-order chi connectivity index (χ1) is 9.48. The highest BCUT2D eigenvalue weighted by atomic mass is 16.6. The monoisotopic (exact) mass is 271 g/mol. The maximum Gasteiger partial charge on any atom is 0.342 e. The number of benzene rings is 1. The van der Waals surface area contributed by atoms with Gasteiger partial charge in [-0.3, -0.25) is 20.2 Å². The molecule has 100 valence electrons. The molecular formula is C13H9N3O4. The smallest absolute Gasteiger partial charge is 0.262 e. The number of hydrogen-bond acceptors (Lipinski definition) is 5. The van der Waals surface area contributed by atoms with E-state index in [1.807, 2.05) is 0 Å². The Morgan fingerprint density at radius 2 is 1.85 bits per heavy atom. The first-order valence-electron chi connectivity index (χ1n) is 5.67. The van der Waals surface area contributed by atoms with Crippen LogP contribution in [0.25, 0.3) is 0 Å². The van der Waals surface area contributed by atoms with Gasteiger partial charge in [0.2, 0.25) is 0 Å². The molecule has 20 heavy (non-hydrogen) atoms. The van der Waals surface area contributed by atoms with Crippen molar-refractivity contribution in [1.82, 2.24) is 0 Å². The molecule has 0 unspecified atom stereocenters. The van der Waals surface area contributed by atoms with Crippen molar-refractivity contribution in [2.45, 2.75) is 11.5 Å². The quantitative estimate of drug-likeness (QED) is 0.476. The van der Waals surface area contributed by atoms with E-state index in [1.165, 1.54) is 36.4 Å². The highest BCUT2D eigenvalue weighted by molar-refractivity contribution is 5.43. The summed E-state index contributed by atoms with van der Waals surface area (Å²) in [6, 6.07) is 7.66. The van der Waals surface area contributed by atoms with Crippen molar-refractivity contribution >= 4 is 5.69 Å². The van der Waals surface area contributed by atoms with E-state index in [4.69, 9.17) is 5.26 Å². The molecule has 0 aliphatic heterocycles. The Hall–Kier alpha value is -3.01. The fraction of sp³-hybridized carbons (Fsp3) is 0.154. The van der Waals surface area contributed by atoms with Gasteiger partial charge in [0, 0.05) is 30.2 Å². The predicted molar refractivity (Wildman–Crippen MR) is 69.5 cm³/mol. The maximum absolute atomic E-state index is 10.9. The van der Waals surface area contributed by atoms with Gasteiger partial charge in [0.1, 0.15) is 0 Å². The van der Waals surface area contributed by atoms with Crippen LogP contribution in [-0.4, -0.2) is 15.4 Å². The maximum atomic E-state index is 10.9. The average molecular weight is 271 g/mol. The van der Waals surface area contributed by atoms with Crippen molar-refractivity contribution in [2.24, 2.45) is 0 Å². The molecule has 1 aromatic rings. The molecule has 2 rings (SSSR count). The van der Waals surface area contributed by atoms with Crippen LogP contribution in [0, 0.1) is 31.6 Å². The molecule has 1 aliphatic carbocycles. The highest BCUT2D eigenvalue weighted by Gasteiger charge is 2.39. The standard InChI is InChI=1S/C13H9N3O4/c14-9-13(16(19)20)6-4-10(5-7-13)11-2-1-3-12(8-11)15(17)18/h1-8,10H. The molecule has 0 atom stereocenters. The van der Waals surface area contributed by atoms with Gasteiger partial charge >= 0.3 is 5.54 Å². The van der Waals surface area contributed by atoms with Gasteiger partial charge in [0.15, 0.2) is 6.07 Å². The predicted octanol–water partition coefficient (Wildman–Crippen LogP) is 2.34. The first kappa shape index (κ1) is 13.4. The third-order valence-electron chi connectivity index (χ3n) is 3.06. The molecule has 0 N–H and O–H groups in total. The van der Waals surface area contributed by atoms with Gasteiger partial charge in [-0.1, -0.05) is 24.3 Å². The largest absolute Gasteiger partial charge is 0.342 e. The van der Waals surface area contributed by atoms with Crippen molar-refractivity contribution in [2.75, 3.05) is 0 Å². The van der Waals surface area contributed by atoms with Crippen LogP contribution < -0.4 is 0 Å². The molecule has 0 saturated carbocycles. The van der Waals surface area contributed by atoms with Crippen LogP contribution >= 0.6 is 0 Å². The summed E-state index contributed by atoms with van der Waals surface area (Å²) in [4.78, 5) is 20.4. The van der Waals surface area contributed by atoms with Crippen molar-refractivity contribution in [3.63, 3.8) is 0 Å². The zero-order valence-electron chi connectivity index (χ0n) is 10.2. The fourth-order valence-electron chi connectivity index (χ4n) is 1.93. The van der Waals surface area contributed by atoms with Gasteiger partial charge in [0.25, 0.3) is 5.69 Å². The van der Waals surface area contributed by atoms with Crippen LogP contribution in [-0.2, 0) is 0 Å². The van der Waals surface area contributed by atoms with Crippen molar-refractivity contribution in [1.29, 1.82) is 5.26 Å². The molecular weight excluding hydrogens is 262 g/mol. The summed E-state index contributed by atoms with van der Waals surface area (Å²) in [5.74, 6) is -0.323. The molecule has 7 heteroatoms. The fourth-order valence-corrected chi connectivity index (χ4v) is 1.93. The van der Waals surface area contributed by atoms with E-state index in [1.54, 1.807) is 18.2 Å². The van der Waals surface area contributed by atoms with Crippen LogP contribution in [0.15, 0.2) is 48.6 Å². The lowest BCUT2D eigenvalue weighted by Crippen LogP contribution is -2.33. The van der Waals surface area contributed by atoms with E-state index in [9.17, 15) is 20.2 Å². The molecule has 0 heterocycles. The lowest BCUT2D eigenvalue weighted by molar-refractivity contribution is -0.524. The summed E-state index contributed by atoms with van der Waals surface area (Å²) in [6.07, 6.45) is 5.42. The third kappa shape index (κ3) is 2.27. The number of allylic oxidation sites excluding steroid dienone is 2. The molecule has 0 bridgehead atoms. The Morgan fingerprint density at radius 3 is 2.35 bits per heavy atom. The van der Waals surface area contributed by atoms with E-state index < -0.39 is 15.4 Å². The second-order valence-electron chi connectivity index (χ2n) is 4.29. The number of hydrogen-bond donors (Lipinski definition) is 0. The lowest BCUT2D eigenvalue weighted by Gasteiger charge is -2.17. The van der Waals surface area contributed by atoms with Crippen molar-refractivity contribution in [3.8, 4) is 6.07 Å². The van der Waals surface area contributed by atoms with E-state index in [0.717, 1.165) is 0 Å². The van der Waals surface area contributed by atoms with Crippen LogP contribution in [0.2, 0.25) is 0 Å². The average Bonchev–Trinajstić information content (AvgIpc) is 2.47. The SMILES string of the molecule is N#CC1([N+](=O)[O-])C=CC(c2cccc([N+](=O)[O-])c2)C=C1. The number of nitro groups is 2. The number of rotatable bonds is 3. The Morgan fingerprint density at radius 1 is 1.20 bits per heavy atom. The topological polar surface area (TPSA) is 110 Å². The second kappa shape index (κ2) is 4.93. The molecule has 7 nitrogen and oxygen atoms in total. The van der Waals surface area contributed by atoms with Gasteiger partial charge in [-0.15, -0.1) is 0 Å².